The van der Waals surface area contributed by atoms with E-state index in [0.29, 0.717) is 6.54 Å². The molecule has 2 rings (SSSR count). The Morgan fingerprint density at radius 1 is 1.59 bits per heavy atom. The van der Waals surface area contributed by atoms with Crippen LogP contribution >= 0.6 is 11.3 Å². The van der Waals surface area contributed by atoms with Crippen LogP contribution in [0.5, 0.6) is 0 Å². The van der Waals surface area contributed by atoms with Crippen molar-refractivity contribution in [3.05, 3.63) is 45.9 Å². The molecule has 0 aliphatic heterocycles. The van der Waals surface area contributed by atoms with Crippen molar-refractivity contribution in [2.45, 2.75) is 13.5 Å². The maximum absolute atomic E-state index is 10.5. The highest BCUT2D eigenvalue weighted by molar-refractivity contribution is 7.10. The Labute approximate surface area is 103 Å². The predicted molar refractivity (Wildman–Crippen MR) is 67.1 cm³/mol. The summed E-state index contributed by atoms with van der Waals surface area (Å²) in [6, 6.07) is 3.86. The van der Waals surface area contributed by atoms with Crippen LogP contribution in [0.2, 0.25) is 0 Å². The summed E-state index contributed by atoms with van der Waals surface area (Å²) >= 11 is 1.60. The highest BCUT2D eigenvalue weighted by Crippen LogP contribution is 2.19. The van der Waals surface area contributed by atoms with E-state index < -0.39 is 5.97 Å². The lowest BCUT2D eigenvalue weighted by molar-refractivity contribution is -0.131. The number of rotatable bonds is 4. The zero-order chi connectivity index (χ0) is 12.3. The second-order valence-electron chi connectivity index (χ2n) is 3.63. The third kappa shape index (κ3) is 3.04. The minimum absolute atomic E-state index is 0.671. The SMILES string of the molecule is Cc1ccn(Cc2sccc2C=CC(=O)O)n1. The lowest BCUT2D eigenvalue weighted by atomic mass is 10.2. The minimum Gasteiger partial charge on any atom is -0.478 e. The van der Waals surface area contributed by atoms with Gasteiger partial charge in [0.25, 0.3) is 0 Å². The molecular weight excluding hydrogens is 236 g/mol. The minimum atomic E-state index is -0.933. The molecule has 88 valence electrons. The zero-order valence-corrected chi connectivity index (χ0v) is 10.1. The maximum Gasteiger partial charge on any atom is 0.328 e. The number of carboxylic acid groups (broad SMARTS) is 1. The number of carbonyl (C=O) groups is 1. The summed E-state index contributed by atoms with van der Waals surface area (Å²) < 4.78 is 1.85. The van der Waals surface area contributed by atoms with Crippen LogP contribution in [-0.2, 0) is 11.3 Å². The molecule has 0 bridgehead atoms. The van der Waals surface area contributed by atoms with Gasteiger partial charge in [-0.15, -0.1) is 11.3 Å². The molecule has 4 nitrogen and oxygen atoms in total. The largest absolute Gasteiger partial charge is 0.478 e. The van der Waals surface area contributed by atoms with Gasteiger partial charge >= 0.3 is 5.97 Å². The number of carboxylic acids is 1. The second kappa shape index (κ2) is 4.97. The van der Waals surface area contributed by atoms with E-state index in [-0.39, 0.29) is 0 Å². The fourth-order valence-electron chi connectivity index (χ4n) is 1.49. The van der Waals surface area contributed by atoms with Crippen molar-refractivity contribution in [1.29, 1.82) is 0 Å². The third-order valence-corrected chi connectivity index (χ3v) is 3.19. The van der Waals surface area contributed by atoms with Crippen LogP contribution in [0.4, 0.5) is 0 Å². The quantitative estimate of drug-likeness (QED) is 0.845. The maximum atomic E-state index is 10.5. The topological polar surface area (TPSA) is 55.1 Å². The highest BCUT2D eigenvalue weighted by atomic mass is 32.1. The molecule has 0 saturated carbocycles. The number of thiophene rings is 1. The molecule has 5 heteroatoms. The first-order chi connectivity index (χ1) is 8.15. The lowest BCUT2D eigenvalue weighted by Crippen LogP contribution is -1.99. The lowest BCUT2D eigenvalue weighted by Gasteiger charge is -2.00. The molecule has 2 aromatic rings. The average molecular weight is 248 g/mol. The number of aromatic nitrogens is 2. The molecule has 0 atom stereocenters. The smallest absolute Gasteiger partial charge is 0.328 e. The molecule has 0 saturated heterocycles. The molecule has 0 aliphatic rings. The Bertz CT molecular complexity index is 554. The first-order valence-electron chi connectivity index (χ1n) is 5.12. The fourth-order valence-corrected chi connectivity index (χ4v) is 2.34. The van der Waals surface area contributed by atoms with Crippen LogP contribution < -0.4 is 0 Å². The van der Waals surface area contributed by atoms with Gasteiger partial charge in [0.2, 0.25) is 0 Å². The van der Waals surface area contributed by atoms with Gasteiger partial charge in [0.15, 0.2) is 0 Å². The van der Waals surface area contributed by atoms with Crippen molar-refractivity contribution in [3.8, 4) is 0 Å². The van der Waals surface area contributed by atoms with Crippen molar-refractivity contribution in [3.63, 3.8) is 0 Å². The van der Waals surface area contributed by atoms with Crippen LogP contribution in [-0.4, -0.2) is 20.9 Å². The van der Waals surface area contributed by atoms with Gasteiger partial charge in [-0.25, -0.2) is 4.79 Å². The summed E-state index contributed by atoms with van der Waals surface area (Å²) in [5.41, 5.74) is 1.91. The number of aryl methyl sites for hydroxylation is 1. The van der Waals surface area contributed by atoms with Crippen molar-refractivity contribution in [2.75, 3.05) is 0 Å². The predicted octanol–water partition coefficient (Wildman–Crippen LogP) is 2.40. The van der Waals surface area contributed by atoms with E-state index in [9.17, 15) is 4.79 Å². The van der Waals surface area contributed by atoms with Crippen LogP contribution in [0.25, 0.3) is 6.08 Å². The number of hydrogen-bond acceptors (Lipinski definition) is 3. The molecule has 0 fully saturated rings. The van der Waals surface area contributed by atoms with Crippen LogP contribution in [0.15, 0.2) is 29.8 Å². The number of nitrogens with zero attached hydrogens (tertiary/aromatic N) is 2. The molecule has 0 radical (unpaired) electrons. The van der Waals surface area contributed by atoms with E-state index in [2.05, 4.69) is 5.10 Å². The summed E-state index contributed by atoms with van der Waals surface area (Å²) in [6.07, 6.45) is 4.68. The summed E-state index contributed by atoms with van der Waals surface area (Å²) in [5.74, 6) is -0.933. The van der Waals surface area contributed by atoms with Crippen LogP contribution in [0.1, 0.15) is 16.1 Å². The van der Waals surface area contributed by atoms with Gasteiger partial charge in [0, 0.05) is 17.2 Å². The van der Waals surface area contributed by atoms with Gasteiger partial charge in [-0.05, 0) is 36.1 Å². The van der Waals surface area contributed by atoms with Crippen LogP contribution in [0, 0.1) is 6.92 Å². The molecule has 1 N–H and O–H groups in total. The molecule has 0 amide bonds. The fraction of sp³-hybridized carbons (Fsp3) is 0.167. The first-order valence-corrected chi connectivity index (χ1v) is 6.00. The Hall–Kier alpha value is -1.88. The summed E-state index contributed by atoms with van der Waals surface area (Å²) in [5, 5.41) is 14.9. The van der Waals surface area contributed by atoms with E-state index in [1.807, 2.05) is 35.3 Å². The first kappa shape index (κ1) is 11.6. The monoisotopic (exact) mass is 248 g/mol. The third-order valence-electron chi connectivity index (χ3n) is 2.26. The molecule has 17 heavy (non-hydrogen) atoms. The van der Waals surface area contributed by atoms with E-state index in [4.69, 9.17) is 5.11 Å². The van der Waals surface area contributed by atoms with Crippen molar-refractivity contribution < 1.29 is 9.90 Å². The average Bonchev–Trinajstić information content (AvgIpc) is 2.86. The van der Waals surface area contributed by atoms with Gasteiger partial charge in [-0.2, -0.15) is 5.10 Å². The molecule has 0 aliphatic carbocycles. The standard InChI is InChI=1S/C12H12N2O2S/c1-9-4-6-14(13-9)8-11-10(5-7-17-11)2-3-12(15)16/h2-7H,8H2,1H3,(H,15,16). The molecule has 0 spiro atoms. The summed E-state index contributed by atoms with van der Waals surface area (Å²) in [7, 11) is 0. The van der Waals surface area contributed by atoms with Crippen molar-refractivity contribution in [1.82, 2.24) is 9.78 Å². The normalized spacial score (nSPS) is 11.1. The molecular formula is C12H12N2O2S. The Balaban J connectivity index is 2.16. The highest BCUT2D eigenvalue weighted by Gasteiger charge is 2.03. The Morgan fingerprint density at radius 2 is 2.41 bits per heavy atom. The van der Waals surface area contributed by atoms with Crippen molar-refractivity contribution in [2.24, 2.45) is 0 Å². The number of hydrogen-bond donors (Lipinski definition) is 1. The van der Waals surface area contributed by atoms with Gasteiger partial charge in [-0.3, -0.25) is 4.68 Å². The van der Waals surface area contributed by atoms with Gasteiger partial charge in [0.1, 0.15) is 0 Å². The number of aliphatic carboxylic acids is 1. The molecule has 0 unspecified atom stereocenters. The molecule has 2 aromatic heterocycles. The van der Waals surface area contributed by atoms with Crippen LogP contribution in [0.3, 0.4) is 0 Å². The van der Waals surface area contributed by atoms with E-state index in [0.717, 1.165) is 22.2 Å². The molecule has 0 aromatic carbocycles. The van der Waals surface area contributed by atoms with E-state index in [1.54, 1.807) is 17.4 Å². The van der Waals surface area contributed by atoms with E-state index in [1.165, 1.54) is 0 Å². The zero-order valence-electron chi connectivity index (χ0n) is 9.33. The van der Waals surface area contributed by atoms with Crippen molar-refractivity contribution >= 4 is 23.4 Å². The van der Waals surface area contributed by atoms with E-state index >= 15 is 0 Å². The Morgan fingerprint density at radius 3 is 3.06 bits per heavy atom. The summed E-state index contributed by atoms with van der Waals surface area (Å²) in [4.78, 5) is 11.6. The second-order valence-corrected chi connectivity index (χ2v) is 4.63. The van der Waals surface area contributed by atoms with Gasteiger partial charge < -0.3 is 5.11 Å². The van der Waals surface area contributed by atoms with Gasteiger partial charge in [0.05, 0.1) is 12.2 Å². The Kier molecular flexibility index (Phi) is 3.39. The molecule has 2 heterocycles. The van der Waals surface area contributed by atoms with Gasteiger partial charge in [-0.1, -0.05) is 0 Å². The summed E-state index contributed by atoms with van der Waals surface area (Å²) in [6.45, 7) is 2.61.